The normalized spacial score (nSPS) is 12.5. The van der Waals surface area contributed by atoms with Gasteiger partial charge in [0.15, 0.2) is 0 Å². The van der Waals surface area contributed by atoms with Gasteiger partial charge in [-0.05, 0) is 53.6 Å². The van der Waals surface area contributed by atoms with Crippen LogP contribution in [0.3, 0.4) is 0 Å². The van der Waals surface area contributed by atoms with Crippen LogP contribution in [0.15, 0.2) is 182 Å². The van der Waals surface area contributed by atoms with Crippen LogP contribution in [0.25, 0.3) is 0 Å². The van der Waals surface area contributed by atoms with E-state index >= 15 is 4.79 Å². The van der Waals surface area contributed by atoms with Crippen LogP contribution in [0, 0.1) is 0 Å². The number of hydrogen-bond donors (Lipinski definition) is 2. The van der Waals surface area contributed by atoms with Crippen molar-refractivity contribution in [3.05, 3.63) is 215 Å². The summed E-state index contributed by atoms with van der Waals surface area (Å²) in [5.41, 5.74) is 4.92. The van der Waals surface area contributed by atoms with Crippen molar-refractivity contribution in [3.63, 3.8) is 0 Å². The molecule has 2 unspecified atom stereocenters. The highest BCUT2D eigenvalue weighted by Gasteiger charge is 2.43. The highest BCUT2D eigenvalue weighted by Crippen LogP contribution is 2.49. The highest BCUT2D eigenvalue weighted by atomic mass is 32.2. The molecule has 0 saturated heterocycles. The summed E-state index contributed by atoms with van der Waals surface area (Å²) in [6, 6.07) is 59.4. The standard InChI is InChI=1S/C50H50N2O5S/c1-3-56-46(53)36-35-44(48(55)57-4-2)51-47(54)45(52-49(38-23-11-5-12-24-38,39-25-13-6-14-26-39)40-27-15-7-16-28-40)37-58-50(41-29-17-8-18-30-41,42-31-19-9-20-32-42)43-33-21-10-22-34-43/h5-34,44-45,52H,3-4,35-37H2,1-2H3,(H,51,54). The lowest BCUT2D eigenvalue weighted by molar-refractivity contribution is -0.149. The van der Waals surface area contributed by atoms with Crippen molar-refractivity contribution in [2.75, 3.05) is 19.0 Å². The van der Waals surface area contributed by atoms with Crippen molar-refractivity contribution in [2.45, 2.75) is 49.1 Å². The van der Waals surface area contributed by atoms with Gasteiger partial charge in [-0.1, -0.05) is 182 Å². The van der Waals surface area contributed by atoms with Gasteiger partial charge in [0, 0.05) is 12.2 Å². The number of amides is 1. The Morgan fingerprint density at radius 1 is 0.517 bits per heavy atom. The average molecular weight is 791 g/mol. The summed E-state index contributed by atoms with van der Waals surface area (Å²) < 4.78 is 9.88. The van der Waals surface area contributed by atoms with E-state index in [-0.39, 0.29) is 31.8 Å². The predicted molar refractivity (Wildman–Crippen MR) is 232 cm³/mol. The molecule has 0 spiro atoms. The van der Waals surface area contributed by atoms with Crippen LogP contribution in [0.1, 0.15) is 60.1 Å². The Hall–Kier alpha value is -5.96. The molecule has 0 fully saturated rings. The molecule has 0 radical (unpaired) electrons. The molecule has 6 aromatic carbocycles. The molecule has 0 bridgehead atoms. The van der Waals surface area contributed by atoms with Gasteiger partial charge in [0.25, 0.3) is 0 Å². The van der Waals surface area contributed by atoms with Gasteiger partial charge in [-0.15, -0.1) is 11.8 Å². The lowest BCUT2D eigenvalue weighted by Crippen LogP contribution is -2.58. The summed E-state index contributed by atoms with van der Waals surface area (Å²) in [5, 5.41) is 6.96. The first kappa shape index (κ1) is 41.7. The van der Waals surface area contributed by atoms with E-state index in [1.165, 1.54) is 0 Å². The summed E-state index contributed by atoms with van der Waals surface area (Å²) in [6.07, 6.45) is -0.0436. The first-order valence-corrected chi connectivity index (χ1v) is 20.8. The quantitative estimate of drug-likeness (QED) is 0.0625. The zero-order valence-electron chi connectivity index (χ0n) is 33.0. The fraction of sp³-hybridized carbons (Fsp3) is 0.220. The third kappa shape index (κ3) is 9.59. The summed E-state index contributed by atoms with van der Waals surface area (Å²) >= 11 is 1.65. The van der Waals surface area contributed by atoms with Crippen LogP contribution in [-0.4, -0.2) is 48.9 Å². The van der Waals surface area contributed by atoms with E-state index in [4.69, 9.17) is 9.47 Å². The molecule has 58 heavy (non-hydrogen) atoms. The molecule has 0 saturated carbocycles. The molecule has 7 nitrogen and oxygen atoms in total. The summed E-state index contributed by atoms with van der Waals surface area (Å²) in [7, 11) is 0. The minimum absolute atomic E-state index is 0.0203. The molecular weight excluding hydrogens is 741 g/mol. The van der Waals surface area contributed by atoms with Crippen LogP contribution in [0.4, 0.5) is 0 Å². The number of rotatable bonds is 19. The molecule has 6 rings (SSSR count). The van der Waals surface area contributed by atoms with Crippen LogP contribution < -0.4 is 10.6 Å². The van der Waals surface area contributed by atoms with Gasteiger partial charge in [0.05, 0.1) is 29.5 Å². The zero-order chi connectivity index (χ0) is 40.6. The largest absolute Gasteiger partial charge is 0.466 e. The van der Waals surface area contributed by atoms with Crippen molar-refractivity contribution in [2.24, 2.45) is 0 Å². The minimum Gasteiger partial charge on any atom is -0.466 e. The number of nitrogens with one attached hydrogen (secondary N) is 2. The maximum Gasteiger partial charge on any atom is 0.328 e. The second-order valence-corrected chi connectivity index (χ2v) is 15.0. The number of ether oxygens (including phenoxy) is 2. The zero-order valence-corrected chi connectivity index (χ0v) is 33.8. The van der Waals surface area contributed by atoms with E-state index in [9.17, 15) is 9.59 Å². The van der Waals surface area contributed by atoms with Crippen molar-refractivity contribution >= 4 is 29.6 Å². The van der Waals surface area contributed by atoms with Crippen LogP contribution in [0.5, 0.6) is 0 Å². The fourth-order valence-electron chi connectivity index (χ4n) is 7.50. The molecule has 0 heterocycles. The highest BCUT2D eigenvalue weighted by molar-refractivity contribution is 8.00. The molecule has 1 amide bonds. The molecule has 0 aliphatic rings. The van der Waals surface area contributed by atoms with E-state index in [1.807, 2.05) is 109 Å². The minimum atomic E-state index is -1.09. The second kappa shape index (κ2) is 20.5. The van der Waals surface area contributed by atoms with E-state index < -0.39 is 40.2 Å². The number of carbonyl (C=O) groups excluding carboxylic acids is 3. The average Bonchev–Trinajstić information content (AvgIpc) is 3.28. The smallest absolute Gasteiger partial charge is 0.328 e. The Bertz CT molecular complexity index is 1980. The monoisotopic (exact) mass is 790 g/mol. The Morgan fingerprint density at radius 2 is 0.879 bits per heavy atom. The van der Waals surface area contributed by atoms with E-state index in [0.717, 1.165) is 33.4 Å². The van der Waals surface area contributed by atoms with E-state index in [1.54, 1.807) is 25.6 Å². The number of hydrogen-bond acceptors (Lipinski definition) is 7. The Morgan fingerprint density at radius 3 is 1.24 bits per heavy atom. The molecule has 8 heteroatoms. The van der Waals surface area contributed by atoms with Gasteiger partial charge >= 0.3 is 11.9 Å². The fourth-order valence-corrected chi connectivity index (χ4v) is 9.05. The topological polar surface area (TPSA) is 93.7 Å². The third-order valence-corrected chi connectivity index (χ3v) is 11.8. The lowest BCUT2D eigenvalue weighted by atomic mass is 9.76. The molecule has 2 atom stereocenters. The van der Waals surface area contributed by atoms with Crippen LogP contribution in [0.2, 0.25) is 0 Å². The van der Waals surface area contributed by atoms with Crippen molar-refractivity contribution < 1.29 is 23.9 Å². The SMILES string of the molecule is CCOC(=O)CCC(NC(=O)C(CSC(c1ccccc1)(c1ccccc1)c1ccccc1)NC(c1ccccc1)(c1ccccc1)c1ccccc1)C(=O)OCC. The second-order valence-electron chi connectivity index (χ2n) is 13.8. The van der Waals surface area contributed by atoms with E-state index in [0.29, 0.717) is 0 Å². The van der Waals surface area contributed by atoms with Crippen LogP contribution >= 0.6 is 11.8 Å². The number of carbonyl (C=O) groups is 3. The Balaban J connectivity index is 1.53. The molecular formula is C50H50N2O5S. The Labute approximate surface area is 346 Å². The first-order chi connectivity index (χ1) is 28.4. The molecule has 2 N–H and O–H groups in total. The van der Waals surface area contributed by atoms with Gasteiger partial charge in [-0.3, -0.25) is 14.9 Å². The molecule has 0 aliphatic heterocycles. The van der Waals surface area contributed by atoms with Gasteiger partial charge in [0.1, 0.15) is 6.04 Å². The number of thioether (sulfide) groups is 1. The predicted octanol–water partition coefficient (Wildman–Crippen LogP) is 9.05. The molecule has 0 aromatic heterocycles. The van der Waals surface area contributed by atoms with Gasteiger partial charge < -0.3 is 14.8 Å². The molecule has 6 aromatic rings. The first-order valence-electron chi connectivity index (χ1n) is 19.8. The van der Waals surface area contributed by atoms with Crippen molar-refractivity contribution in [1.29, 1.82) is 0 Å². The summed E-state index contributed by atoms with van der Waals surface area (Å²) in [5.74, 6) is -1.22. The third-order valence-electron chi connectivity index (χ3n) is 10.2. The Kier molecular flexibility index (Phi) is 14.7. The maximum atomic E-state index is 15.2. The molecule has 296 valence electrons. The summed E-state index contributed by atoms with van der Waals surface area (Å²) in [4.78, 5) is 41.2. The maximum absolute atomic E-state index is 15.2. The lowest BCUT2D eigenvalue weighted by Gasteiger charge is -2.41. The summed E-state index contributed by atoms with van der Waals surface area (Å²) in [6.45, 7) is 3.78. The number of esters is 2. The molecule has 0 aliphatic carbocycles. The van der Waals surface area contributed by atoms with Crippen LogP contribution in [-0.2, 0) is 34.1 Å². The van der Waals surface area contributed by atoms with E-state index in [2.05, 4.69) is 83.4 Å². The number of benzene rings is 6. The van der Waals surface area contributed by atoms with Crippen molar-refractivity contribution in [3.8, 4) is 0 Å². The van der Waals surface area contributed by atoms with Gasteiger partial charge in [0.2, 0.25) is 5.91 Å². The van der Waals surface area contributed by atoms with Gasteiger partial charge in [-0.2, -0.15) is 0 Å². The van der Waals surface area contributed by atoms with Crippen molar-refractivity contribution in [1.82, 2.24) is 10.6 Å². The van der Waals surface area contributed by atoms with Gasteiger partial charge in [-0.25, -0.2) is 4.79 Å².